The van der Waals surface area contributed by atoms with Crippen LogP contribution >= 0.6 is 34.7 Å². The summed E-state index contributed by atoms with van der Waals surface area (Å²) in [5.74, 6) is 0.803. The van der Waals surface area contributed by atoms with Gasteiger partial charge in [0.15, 0.2) is 0 Å². The van der Waals surface area contributed by atoms with Crippen LogP contribution in [0.15, 0.2) is 35.5 Å². The minimum absolute atomic E-state index is 0.0633. The van der Waals surface area contributed by atoms with Crippen LogP contribution in [-0.4, -0.2) is 35.3 Å². The van der Waals surface area contributed by atoms with Crippen molar-refractivity contribution in [1.29, 1.82) is 0 Å². The molecule has 27 heavy (non-hydrogen) atoms. The molecular formula is C16H19Cl2N5O2S2. The van der Waals surface area contributed by atoms with E-state index in [0.717, 1.165) is 43.1 Å². The third kappa shape index (κ3) is 5.11. The number of benzene rings is 1. The van der Waals surface area contributed by atoms with Gasteiger partial charge in [-0.05, 0) is 25.0 Å². The monoisotopic (exact) mass is 447 g/mol. The van der Waals surface area contributed by atoms with Gasteiger partial charge in [0.25, 0.3) is 0 Å². The number of hydrogen-bond acceptors (Lipinski definition) is 6. The number of anilines is 1. The Hall–Kier alpha value is -1.39. The van der Waals surface area contributed by atoms with Gasteiger partial charge >= 0.3 is 0 Å². The lowest BCUT2D eigenvalue weighted by Gasteiger charge is -2.10. The molecule has 0 unspecified atom stereocenters. The molecule has 0 radical (unpaired) electrons. The average molecular weight is 448 g/mol. The molecule has 0 bridgehead atoms. The van der Waals surface area contributed by atoms with Crippen molar-refractivity contribution >= 4 is 55.7 Å². The highest BCUT2D eigenvalue weighted by Gasteiger charge is 2.20. The number of fused-ring (bicyclic) bond motifs is 1. The number of sulfonamides is 1. The van der Waals surface area contributed by atoms with Crippen molar-refractivity contribution in [2.75, 3.05) is 18.4 Å². The van der Waals surface area contributed by atoms with Gasteiger partial charge in [-0.15, -0.1) is 0 Å². The van der Waals surface area contributed by atoms with Crippen LogP contribution < -0.4 is 10.0 Å². The Morgan fingerprint density at radius 2 is 1.78 bits per heavy atom. The first-order chi connectivity index (χ1) is 13.0. The lowest BCUT2D eigenvalue weighted by atomic mass is 10.2. The number of nitrogens with zero attached hydrogens (tertiary/aromatic N) is 3. The maximum atomic E-state index is 12.3. The normalized spacial score (nSPS) is 11.9. The number of unbranched alkanes of at least 4 members (excludes halogenated alkanes) is 3. The molecule has 146 valence electrons. The van der Waals surface area contributed by atoms with Gasteiger partial charge in [0, 0.05) is 37.0 Å². The molecule has 0 spiro atoms. The van der Waals surface area contributed by atoms with E-state index >= 15 is 0 Å². The fourth-order valence-electron chi connectivity index (χ4n) is 2.59. The third-order valence-corrected chi connectivity index (χ3v) is 7.06. The first kappa shape index (κ1) is 20.3. The van der Waals surface area contributed by atoms with Crippen LogP contribution in [-0.2, 0) is 10.0 Å². The molecule has 0 aliphatic rings. The Morgan fingerprint density at radius 3 is 2.52 bits per heavy atom. The molecule has 7 nitrogen and oxygen atoms in total. The largest absolute Gasteiger partial charge is 0.355 e. The van der Waals surface area contributed by atoms with E-state index in [1.165, 1.54) is 23.7 Å². The SMILES string of the molecule is O=S(=O)(NCCCCCCNc1nsc2nccn12)c1c(Cl)cccc1Cl. The Morgan fingerprint density at radius 1 is 1.07 bits per heavy atom. The van der Waals surface area contributed by atoms with Crippen LogP contribution in [0.4, 0.5) is 5.95 Å². The van der Waals surface area contributed by atoms with E-state index in [9.17, 15) is 8.42 Å². The van der Waals surface area contributed by atoms with Crippen molar-refractivity contribution in [1.82, 2.24) is 18.5 Å². The minimum atomic E-state index is -3.71. The van der Waals surface area contributed by atoms with Gasteiger partial charge in [-0.3, -0.25) is 4.40 Å². The summed E-state index contributed by atoms with van der Waals surface area (Å²) < 4.78 is 33.4. The zero-order valence-electron chi connectivity index (χ0n) is 14.4. The zero-order valence-corrected chi connectivity index (χ0v) is 17.5. The lowest BCUT2D eigenvalue weighted by molar-refractivity contribution is 0.573. The highest BCUT2D eigenvalue weighted by molar-refractivity contribution is 7.89. The molecule has 2 heterocycles. The summed E-state index contributed by atoms with van der Waals surface area (Å²) in [5.41, 5.74) is 0. The molecule has 2 N–H and O–H groups in total. The summed E-state index contributed by atoms with van der Waals surface area (Å²) >= 11 is 13.3. The number of hydrogen-bond donors (Lipinski definition) is 2. The smallest absolute Gasteiger partial charge is 0.243 e. The molecule has 0 saturated carbocycles. The van der Waals surface area contributed by atoms with Crippen LogP contribution in [0.5, 0.6) is 0 Å². The molecule has 1 aromatic carbocycles. The maximum Gasteiger partial charge on any atom is 0.243 e. The van der Waals surface area contributed by atoms with E-state index in [1.807, 2.05) is 10.6 Å². The number of rotatable bonds is 10. The Balaban J connectivity index is 1.34. The van der Waals surface area contributed by atoms with Crippen LogP contribution in [0, 0.1) is 0 Å². The molecule has 2 aromatic heterocycles. The van der Waals surface area contributed by atoms with Crippen molar-refractivity contribution in [3.05, 3.63) is 40.6 Å². The predicted molar refractivity (Wildman–Crippen MR) is 109 cm³/mol. The van der Waals surface area contributed by atoms with Gasteiger partial charge in [0.05, 0.1) is 10.0 Å². The van der Waals surface area contributed by atoms with Gasteiger partial charge in [0.1, 0.15) is 4.90 Å². The third-order valence-electron chi connectivity index (χ3n) is 3.92. The molecule has 0 aliphatic carbocycles. The number of halogens is 2. The second kappa shape index (κ2) is 9.20. The van der Waals surface area contributed by atoms with Gasteiger partial charge in [-0.2, -0.15) is 4.37 Å². The van der Waals surface area contributed by atoms with E-state index in [4.69, 9.17) is 23.2 Å². The number of imidazole rings is 1. The van der Waals surface area contributed by atoms with Crippen LogP contribution in [0.2, 0.25) is 10.0 Å². The Labute approximate surface area is 171 Å². The van der Waals surface area contributed by atoms with Crippen LogP contribution in [0.1, 0.15) is 25.7 Å². The maximum absolute atomic E-state index is 12.3. The Kier molecular flexibility index (Phi) is 6.93. The van der Waals surface area contributed by atoms with Gasteiger partial charge in [-0.25, -0.2) is 18.1 Å². The van der Waals surface area contributed by atoms with Crippen molar-refractivity contribution < 1.29 is 8.42 Å². The highest BCUT2D eigenvalue weighted by atomic mass is 35.5. The highest BCUT2D eigenvalue weighted by Crippen LogP contribution is 2.28. The van der Waals surface area contributed by atoms with Crippen molar-refractivity contribution in [3.8, 4) is 0 Å². The molecule has 3 aromatic rings. The minimum Gasteiger partial charge on any atom is -0.355 e. The van der Waals surface area contributed by atoms with Crippen LogP contribution in [0.3, 0.4) is 0 Å². The molecule has 0 amide bonds. The van der Waals surface area contributed by atoms with E-state index in [2.05, 4.69) is 19.4 Å². The van der Waals surface area contributed by atoms with E-state index in [1.54, 1.807) is 12.3 Å². The first-order valence-corrected chi connectivity index (χ1v) is 11.5. The van der Waals surface area contributed by atoms with E-state index in [-0.39, 0.29) is 14.9 Å². The molecule has 3 rings (SSSR count). The van der Waals surface area contributed by atoms with Gasteiger partial charge in [-0.1, -0.05) is 42.1 Å². The molecule has 0 saturated heterocycles. The quantitative estimate of drug-likeness (QED) is 0.457. The summed E-state index contributed by atoms with van der Waals surface area (Å²) in [4.78, 5) is 4.98. The molecule has 11 heteroatoms. The number of aromatic nitrogens is 3. The van der Waals surface area contributed by atoms with Crippen molar-refractivity contribution in [3.63, 3.8) is 0 Å². The molecule has 0 aliphatic heterocycles. The average Bonchev–Trinajstić information content (AvgIpc) is 3.21. The summed E-state index contributed by atoms with van der Waals surface area (Å²) in [6, 6.07) is 4.63. The van der Waals surface area contributed by atoms with Crippen molar-refractivity contribution in [2.24, 2.45) is 0 Å². The fourth-order valence-corrected chi connectivity index (χ4v) is 5.46. The standard InChI is InChI=1S/C16H19Cl2N5O2S2/c17-12-6-5-7-13(18)14(12)27(24,25)21-9-4-2-1-3-8-19-15-22-26-16-20-10-11-23(15)16/h5-7,10-11,21H,1-4,8-9H2,(H,19,22). The van der Waals surface area contributed by atoms with Crippen molar-refractivity contribution in [2.45, 2.75) is 30.6 Å². The van der Waals surface area contributed by atoms with Gasteiger partial charge < -0.3 is 5.32 Å². The van der Waals surface area contributed by atoms with Gasteiger partial charge in [0.2, 0.25) is 20.9 Å². The number of nitrogens with one attached hydrogen (secondary N) is 2. The second-order valence-electron chi connectivity index (χ2n) is 5.88. The summed E-state index contributed by atoms with van der Waals surface area (Å²) in [6.07, 6.45) is 7.23. The van der Waals surface area contributed by atoms with E-state index in [0.29, 0.717) is 6.54 Å². The summed E-state index contributed by atoms with van der Waals surface area (Å²) in [6.45, 7) is 1.15. The Bertz CT molecular complexity index is 983. The zero-order chi connectivity index (χ0) is 19.3. The second-order valence-corrected chi connectivity index (χ2v) is 9.12. The fraction of sp³-hybridized carbons (Fsp3) is 0.375. The summed E-state index contributed by atoms with van der Waals surface area (Å²) in [7, 11) is -3.71. The van der Waals surface area contributed by atoms with E-state index < -0.39 is 10.0 Å². The molecular weight excluding hydrogens is 429 g/mol. The molecule has 0 atom stereocenters. The first-order valence-electron chi connectivity index (χ1n) is 8.45. The summed E-state index contributed by atoms with van der Waals surface area (Å²) in [5, 5.41) is 3.53. The van der Waals surface area contributed by atoms with Crippen LogP contribution in [0.25, 0.3) is 4.96 Å². The predicted octanol–water partition coefficient (Wildman–Crippen LogP) is 4.05. The molecule has 0 fully saturated rings. The lowest BCUT2D eigenvalue weighted by Crippen LogP contribution is -2.25. The topological polar surface area (TPSA) is 88.4 Å².